The van der Waals surface area contributed by atoms with Crippen LogP contribution in [0.25, 0.3) is 0 Å². The normalized spacial score (nSPS) is 10.2. The number of hydrogen-bond acceptors (Lipinski definition) is 2. The van der Waals surface area contributed by atoms with Crippen LogP contribution in [0.5, 0.6) is 0 Å². The van der Waals surface area contributed by atoms with E-state index in [1.807, 2.05) is 56.3 Å². The van der Waals surface area contributed by atoms with E-state index >= 15 is 0 Å². The molecular formula is C18H19BrN2O2. The largest absolute Gasteiger partial charge is 0.347 e. The molecule has 0 atom stereocenters. The molecule has 2 N–H and O–H groups in total. The maximum absolute atomic E-state index is 11.9. The molecule has 0 aromatic heterocycles. The molecule has 0 radical (unpaired) electrons. The average molecular weight is 375 g/mol. The van der Waals surface area contributed by atoms with Crippen molar-refractivity contribution in [3.05, 3.63) is 63.6 Å². The van der Waals surface area contributed by atoms with Crippen molar-refractivity contribution in [1.29, 1.82) is 0 Å². The fraction of sp³-hybridized carbons (Fsp3) is 0.222. The lowest BCUT2D eigenvalue weighted by Crippen LogP contribution is -2.33. The van der Waals surface area contributed by atoms with Crippen LogP contribution in [0.4, 0.5) is 5.69 Å². The Morgan fingerprint density at radius 1 is 1.00 bits per heavy atom. The number of aryl methyl sites for hydroxylation is 2. The van der Waals surface area contributed by atoms with Gasteiger partial charge in [0, 0.05) is 10.2 Å². The minimum absolute atomic E-state index is 0.0454. The van der Waals surface area contributed by atoms with E-state index in [9.17, 15) is 9.59 Å². The first-order valence-electron chi connectivity index (χ1n) is 7.33. The highest BCUT2D eigenvalue weighted by Gasteiger charge is 2.08. The number of benzene rings is 2. The van der Waals surface area contributed by atoms with Crippen molar-refractivity contribution in [2.24, 2.45) is 0 Å². The highest BCUT2D eigenvalue weighted by atomic mass is 79.9. The molecule has 0 fully saturated rings. The molecule has 0 aliphatic rings. The second-order valence-electron chi connectivity index (χ2n) is 5.39. The van der Waals surface area contributed by atoms with Gasteiger partial charge in [0.05, 0.1) is 13.0 Å². The first-order chi connectivity index (χ1) is 11.0. The quantitative estimate of drug-likeness (QED) is 0.842. The second kappa shape index (κ2) is 7.92. The summed E-state index contributed by atoms with van der Waals surface area (Å²) in [5.74, 6) is -0.418. The summed E-state index contributed by atoms with van der Waals surface area (Å²) in [6, 6.07) is 13.3. The van der Waals surface area contributed by atoms with Gasteiger partial charge in [-0.25, -0.2) is 0 Å². The van der Waals surface area contributed by atoms with Gasteiger partial charge >= 0.3 is 0 Å². The van der Waals surface area contributed by atoms with Gasteiger partial charge in [-0.3, -0.25) is 9.59 Å². The molecule has 0 aliphatic heterocycles. The maximum Gasteiger partial charge on any atom is 0.243 e. The Hall–Kier alpha value is -2.14. The fourth-order valence-corrected chi connectivity index (χ4v) is 2.48. The van der Waals surface area contributed by atoms with Crippen molar-refractivity contribution >= 4 is 33.4 Å². The van der Waals surface area contributed by atoms with Crippen LogP contribution in [0.15, 0.2) is 46.9 Å². The summed E-state index contributed by atoms with van der Waals surface area (Å²) in [7, 11) is 0. The van der Waals surface area contributed by atoms with E-state index in [1.165, 1.54) is 0 Å². The topological polar surface area (TPSA) is 58.2 Å². The summed E-state index contributed by atoms with van der Waals surface area (Å²) in [5.41, 5.74) is 3.82. The first kappa shape index (κ1) is 17.2. The summed E-state index contributed by atoms with van der Waals surface area (Å²) in [4.78, 5) is 23.8. The predicted molar refractivity (Wildman–Crippen MR) is 95.4 cm³/mol. The molecule has 0 spiro atoms. The molecule has 2 amide bonds. The van der Waals surface area contributed by atoms with E-state index in [1.54, 1.807) is 0 Å². The summed E-state index contributed by atoms with van der Waals surface area (Å²) >= 11 is 3.42. The van der Waals surface area contributed by atoms with E-state index in [0.29, 0.717) is 5.69 Å². The van der Waals surface area contributed by atoms with Crippen LogP contribution in [0.3, 0.4) is 0 Å². The molecule has 2 aromatic rings. The smallest absolute Gasteiger partial charge is 0.243 e. The molecule has 0 aliphatic carbocycles. The van der Waals surface area contributed by atoms with Crippen molar-refractivity contribution in [2.75, 3.05) is 11.9 Å². The zero-order valence-electron chi connectivity index (χ0n) is 13.2. The highest BCUT2D eigenvalue weighted by Crippen LogP contribution is 2.20. The number of nitrogens with one attached hydrogen (secondary N) is 2. The molecule has 0 bridgehead atoms. The minimum atomic E-state index is -0.251. The van der Waals surface area contributed by atoms with Crippen LogP contribution < -0.4 is 10.6 Å². The Labute approximate surface area is 144 Å². The molecule has 0 saturated heterocycles. The predicted octanol–water partition coefficient (Wildman–Crippen LogP) is 3.36. The third kappa shape index (κ3) is 5.21. The number of carbonyl (C=O) groups excluding carboxylic acids is 2. The molecule has 120 valence electrons. The number of rotatable bonds is 5. The molecule has 2 aromatic carbocycles. The Bertz CT molecular complexity index is 729. The van der Waals surface area contributed by atoms with Crippen molar-refractivity contribution in [3.8, 4) is 0 Å². The number of halogens is 1. The molecule has 4 nitrogen and oxygen atoms in total. The highest BCUT2D eigenvalue weighted by molar-refractivity contribution is 9.10. The molecular weight excluding hydrogens is 356 g/mol. The summed E-state index contributed by atoms with van der Waals surface area (Å²) < 4.78 is 0.930. The van der Waals surface area contributed by atoms with Gasteiger partial charge in [-0.05, 0) is 42.7 Å². The first-order valence-corrected chi connectivity index (χ1v) is 8.12. The van der Waals surface area contributed by atoms with E-state index in [2.05, 4.69) is 26.6 Å². The van der Waals surface area contributed by atoms with Gasteiger partial charge in [0.2, 0.25) is 11.8 Å². The standard InChI is InChI=1S/C18H19BrN2O2/c1-12-5-3-4-6-14(12)9-17(22)20-11-18(23)21-15-8-7-13(2)16(19)10-15/h3-8,10H,9,11H2,1-2H3,(H,20,22)(H,21,23). The van der Waals surface area contributed by atoms with Gasteiger partial charge in [-0.1, -0.05) is 46.3 Å². The van der Waals surface area contributed by atoms with Crippen LogP contribution >= 0.6 is 15.9 Å². The van der Waals surface area contributed by atoms with E-state index in [-0.39, 0.29) is 24.8 Å². The zero-order chi connectivity index (χ0) is 16.8. The number of anilines is 1. The number of hydrogen-bond donors (Lipinski definition) is 2. The van der Waals surface area contributed by atoms with Crippen molar-refractivity contribution in [2.45, 2.75) is 20.3 Å². The summed E-state index contributed by atoms with van der Waals surface area (Å²) in [6.07, 6.45) is 0.274. The van der Waals surface area contributed by atoms with Crippen molar-refractivity contribution in [1.82, 2.24) is 5.32 Å². The Balaban J connectivity index is 1.83. The van der Waals surface area contributed by atoms with Gasteiger partial charge in [-0.2, -0.15) is 0 Å². The lowest BCUT2D eigenvalue weighted by Gasteiger charge is -2.09. The Morgan fingerprint density at radius 3 is 2.43 bits per heavy atom. The van der Waals surface area contributed by atoms with Gasteiger partial charge in [0.25, 0.3) is 0 Å². The van der Waals surface area contributed by atoms with Gasteiger partial charge in [0.15, 0.2) is 0 Å². The third-order valence-corrected chi connectivity index (χ3v) is 4.37. The molecule has 0 heterocycles. The molecule has 0 unspecified atom stereocenters. The Morgan fingerprint density at radius 2 is 1.74 bits per heavy atom. The summed E-state index contributed by atoms with van der Waals surface area (Å²) in [5, 5.41) is 5.40. The lowest BCUT2D eigenvalue weighted by atomic mass is 10.1. The van der Waals surface area contributed by atoms with Crippen LogP contribution in [-0.4, -0.2) is 18.4 Å². The van der Waals surface area contributed by atoms with E-state index in [4.69, 9.17) is 0 Å². The van der Waals surface area contributed by atoms with Gasteiger partial charge in [-0.15, -0.1) is 0 Å². The zero-order valence-corrected chi connectivity index (χ0v) is 14.7. The molecule has 23 heavy (non-hydrogen) atoms. The molecule has 2 rings (SSSR count). The van der Waals surface area contributed by atoms with Crippen LogP contribution in [0.1, 0.15) is 16.7 Å². The maximum atomic E-state index is 11.9. The van der Waals surface area contributed by atoms with Gasteiger partial charge < -0.3 is 10.6 Å². The van der Waals surface area contributed by atoms with Crippen LogP contribution in [0, 0.1) is 13.8 Å². The van der Waals surface area contributed by atoms with Crippen LogP contribution in [0.2, 0.25) is 0 Å². The van der Waals surface area contributed by atoms with Crippen molar-refractivity contribution < 1.29 is 9.59 Å². The second-order valence-corrected chi connectivity index (χ2v) is 6.25. The van der Waals surface area contributed by atoms with Crippen molar-refractivity contribution in [3.63, 3.8) is 0 Å². The van der Waals surface area contributed by atoms with Gasteiger partial charge in [0.1, 0.15) is 0 Å². The monoisotopic (exact) mass is 374 g/mol. The third-order valence-electron chi connectivity index (χ3n) is 3.51. The SMILES string of the molecule is Cc1ccc(NC(=O)CNC(=O)Cc2ccccc2C)cc1Br. The fourth-order valence-electron chi connectivity index (χ4n) is 2.10. The van der Waals surface area contributed by atoms with Crippen LogP contribution in [-0.2, 0) is 16.0 Å². The molecule has 5 heteroatoms. The average Bonchev–Trinajstić information content (AvgIpc) is 2.51. The number of carbonyl (C=O) groups is 2. The Kier molecular flexibility index (Phi) is 5.93. The van der Waals surface area contributed by atoms with E-state index in [0.717, 1.165) is 21.2 Å². The minimum Gasteiger partial charge on any atom is -0.347 e. The van der Waals surface area contributed by atoms with E-state index < -0.39 is 0 Å². The number of amides is 2. The summed E-state index contributed by atoms with van der Waals surface area (Å²) in [6.45, 7) is 3.89. The lowest BCUT2D eigenvalue weighted by molar-refractivity contribution is -0.123. The molecule has 0 saturated carbocycles.